The molecule has 0 amide bonds. The van der Waals surface area contributed by atoms with E-state index in [0.29, 0.717) is 5.88 Å². The van der Waals surface area contributed by atoms with Crippen LogP contribution < -0.4 is 5.73 Å². The third-order valence-electron chi connectivity index (χ3n) is 1.51. The van der Waals surface area contributed by atoms with E-state index in [1.54, 1.807) is 6.07 Å². The first-order chi connectivity index (χ1) is 5.22. The second-order valence-corrected chi connectivity index (χ2v) is 2.50. The standard InChI is InChI=1S/C8H12N2O/c1-3-6(2)4-7-5-8(9)11-10-7/h5H,2-4,9H2,1H3. The van der Waals surface area contributed by atoms with Crippen LogP contribution in [0.4, 0.5) is 5.88 Å². The summed E-state index contributed by atoms with van der Waals surface area (Å²) in [7, 11) is 0. The molecule has 1 aromatic rings. The molecule has 0 saturated carbocycles. The highest BCUT2D eigenvalue weighted by Crippen LogP contribution is 2.10. The first-order valence-corrected chi connectivity index (χ1v) is 3.60. The number of hydrogen-bond donors (Lipinski definition) is 1. The molecule has 1 aromatic heterocycles. The normalized spacial score (nSPS) is 9.91. The van der Waals surface area contributed by atoms with Crippen LogP contribution in [0, 0.1) is 0 Å². The van der Waals surface area contributed by atoms with E-state index in [1.807, 2.05) is 0 Å². The van der Waals surface area contributed by atoms with Crippen LogP contribution in [0.3, 0.4) is 0 Å². The zero-order chi connectivity index (χ0) is 8.27. The van der Waals surface area contributed by atoms with Crippen LogP contribution in [0.25, 0.3) is 0 Å². The van der Waals surface area contributed by atoms with Gasteiger partial charge >= 0.3 is 0 Å². The zero-order valence-electron chi connectivity index (χ0n) is 6.63. The average Bonchev–Trinajstić information content (AvgIpc) is 2.35. The molecule has 0 unspecified atom stereocenters. The van der Waals surface area contributed by atoms with Crippen LogP contribution in [-0.2, 0) is 6.42 Å². The molecule has 0 spiro atoms. The predicted molar refractivity (Wildman–Crippen MR) is 44.1 cm³/mol. The van der Waals surface area contributed by atoms with Crippen LogP contribution in [-0.4, -0.2) is 5.16 Å². The van der Waals surface area contributed by atoms with Crippen molar-refractivity contribution in [3.63, 3.8) is 0 Å². The Labute approximate surface area is 65.9 Å². The molecule has 3 nitrogen and oxygen atoms in total. The van der Waals surface area contributed by atoms with Crippen LogP contribution in [0.2, 0.25) is 0 Å². The third kappa shape index (κ3) is 2.11. The van der Waals surface area contributed by atoms with Crippen LogP contribution in [0.1, 0.15) is 19.0 Å². The van der Waals surface area contributed by atoms with Crippen molar-refractivity contribution in [2.24, 2.45) is 0 Å². The lowest BCUT2D eigenvalue weighted by atomic mass is 10.1. The van der Waals surface area contributed by atoms with Gasteiger partial charge in [-0.1, -0.05) is 24.2 Å². The summed E-state index contributed by atoms with van der Waals surface area (Å²) in [6.07, 6.45) is 1.73. The van der Waals surface area contributed by atoms with Crippen LogP contribution in [0.5, 0.6) is 0 Å². The summed E-state index contributed by atoms with van der Waals surface area (Å²) < 4.78 is 4.70. The van der Waals surface area contributed by atoms with Gasteiger partial charge in [0.05, 0.1) is 5.69 Å². The van der Waals surface area contributed by atoms with Crippen molar-refractivity contribution in [2.45, 2.75) is 19.8 Å². The van der Waals surface area contributed by atoms with Crippen LogP contribution in [0.15, 0.2) is 22.7 Å². The van der Waals surface area contributed by atoms with Gasteiger partial charge in [0.15, 0.2) is 0 Å². The summed E-state index contributed by atoms with van der Waals surface area (Å²) in [5.74, 6) is 0.365. The molecule has 60 valence electrons. The molecule has 0 atom stereocenters. The molecule has 0 aliphatic carbocycles. The number of hydrogen-bond acceptors (Lipinski definition) is 3. The highest BCUT2D eigenvalue weighted by molar-refractivity contribution is 5.26. The summed E-state index contributed by atoms with van der Waals surface area (Å²) in [6, 6.07) is 1.72. The number of nitrogen functional groups attached to an aromatic ring is 1. The van der Waals surface area contributed by atoms with Gasteiger partial charge in [-0.25, -0.2) is 0 Å². The first kappa shape index (κ1) is 7.85. The molecule has 2 N–H and O–H groups in total. The highest BCUT2D eigenvalue weighted by Gasteiger charge is 2.00. The van der Waals surface area contributed by atoms with Crippen LogP contribution >= 0.6 is 0 Å². The van der Waals surface area contributed by atoms with E-state index in [1.165, 1.54) is 0 Å². The fraction of sp³-hybridized carbons (Fsp3) is 0.375. The van der Waals surface area contributed by atoms with Crippen molar-refractivity contribution >= 4 is 5.88 Å². The van der Waals surface area contributed by atoms with Gasteiger partial charge in [0.25, 0.3) is 0 Å². The Morgan fingerprint density at radius 2 is 2.55 bits per heavy atom. The minimum atomic E-state index is 0.365. The molecular weight excluding hydrogens is 140 g/mol. The molecule has 0 aromatic carbocycles. The maximum atomic E-state index is 5.34. The maximum Gasteiger partial charge on any atom is 0.222 e. The van der Waals surface area contributed by atoms with Crippen molar-refractivity contribution in [3.05, 3.63) is 23.9 Å². The quantitative estimate of drug-likeness (QED) is 0.671. The molecule has 0 aliphatic rings. The highest BCUT2D eigenvalue weighted by atomic mass is 16.5. The predicted octanol–water partition coefficient (Wildman–Crippen LogP) is 1.77. The van der Waals surface area contributed by atoms with Gasteiger partial charge < -0.3 is 10.3 Å². The van der Waals surface area contributed by atoms with E-state index < -0.39 is 0 Å². The molecule has 3 heteroatoms. The molecule has 0 aliphatic heterocycles. The van der Waals surface area contributed by atoms with Crippen molar-refractivity contribution in [1.82, 2.24) is 5.16 Å². The van der Waals surface area contributed by atoms with E-state index >= 15 is 0 Å². The Bertz CT molecular complexity index is 252. The van der Waals surface area contributed by atoms with E-state index in [2.05, 4.69) is 18.7 Å². The van der Waals surface area contributed by atoms with Crippen molar-refractivity contribution in [2.75, 3.05) is 5.73 Å². The SMILES string of the molecule is C=C(CC)Cc1cc(N)on1. The number of allylic oxidation sites excluding steroid dienone is 1. The maximum absolute atomic E-state index is 5.34. The largest absolute Gasteiger partial charge is 0.368 e. The fourth-order valence-electron chi connectivity index (χ4n) is 0.793. The summed E-state index contributed by atoms with van der Waals surface area (Å²) >= 11 is 0. The van der Waals surface area contributed by atoms with E-state index in [0.717, 1.165) is 24.1 Å². The van der Waals surface area contributed by atoms with Crippen molar-refractivity contribution < 1.29 is 4.52 Å². The van der Waals surface area contributed by atoms with Gasteiger partial charge in [0.1, 0.15) is 0 Å². The topological polar surface area (TPSA) is 52.0 Å². The lowest BCUT2D eigenvalue weighted by Crippen LogP contribution is -1.86. The molecule has 1 heterocycles. The molecule has 0 radical (unpaired) electrons. The van der Waals surface area contributed by atoms with Crippen molar-refractivity contribution in [1.29, 1.82) is 0 Å². The number of nitrogens with two attached hydrogens (primary N) is 1. The van der Waals surface area contributed by atoms with Gasteiger partial charge in [-0.2, -0.15) is 0 Å². The summed E-state index contributed by atoms with van der Waals surface area (Å²) in [4.78, 5) is 0. The lowest BCUT2D eigenvalue weighted by molar-refractivity contribution is 0.429. The molecule has 0 bridgehead atoms. The Kier molecular flexibility index (Phi) is 2.31. The van der Waals surface area contributed by atoms with E-state index in [9.17, 15) is 0 Å². The Hall–Kier alpha value is -1.25. The lowest BCUT2D eigenvalue weighted by Gasteiger charge is -1.94. The molecular formula is C8H12N2O. The number of rotatable bonds is 3. The second kappa shape index (κ2) is 3.23. The van der Waals surface area contributed by atoms with Gasteiger partial charge in [0.2, 0.25) is 5.88 Å². The summed E-state index contributed by atoms with van der Waals surface area (Å²) in [6.45, 7) is 5.92. The summed E-state index contributed by atoms with van der Waals surface area (Å²) in [5.41, 5.74) is 7.33. The summed E-state index contributed by atoms with van der Waals surface area (Å²) in [5, 5.41) is 3.74. The van der Waals surface area contributed by atoms with Gasteiger partial charge in [-0.15, -0.1) is 0 Å². The van der Waals surface area contributed by atoms with Crippen molar-refractivity contribution in [3.8, 4) is 0 Å². The van der Waals surface area contributed by atoms with Gasteiger partial charge in [-0.05, 0) is 6.42 Å². The molecule has 11 heavy (non-hydrogen) atoms. The Balaban J connectivity index is 2.57. The number of anilines is 1. The average molecular weight is 152 g/mol. The minimum absolute atomic E-state index is 0.365. The van der Waals surface area contributed by atoms with E-state index in [-0.39, 0.29) is 0 Å². The third-order valence-corrected chi connectivity index (χ3v) is 1.51. The Morgan fingerprint density at radius 3 is 3.00 bits per heavy atom. The fourth-order valence-corrected chi connectivity index (χ4v) is 0.793. The second-order valence-electron chi connectivity index (χ2n) is 2.50. The monoisotopic (exact) mass is 152 g/mol. The first-order valence-electron chi connectivity index (χ1n) is 3.60. The molecule has 1 rings (SSSR count). The molecule has 0 saturated heterocycles. The molecule has 0 fully saturated rings. The zero-order valence-corrected chi connectivity index (χ0v) is 6.63. The Morgan fingerprint density at radius 1 is 1.82 bits per heavy atom. The number of nitrogens with zero attached hydrogens (tertiary/aromatic N) is 1. The van der Waals surface area contributed by atoms with Gasteiger partial charge in [-0.3, -0.25) is 0 Å². The number of aromatic nitrogens is 1. The minimum Gasteiger partial charge on any atom is -0.368 e. The van der Waals surface area contributed by atoms with Gasteiger partial charge in [0, 0.05) is 12.5 Å². The smallest absolute Gasteiger partial charge is 0.222 e. The van der Waals surface area contributed by atoms with E-state index in [4.69, 9.17) is 10.3 Å².